The summed E-state index contributed by atoms with van der Waals surface area (Å²) in [5.74, 6) is 0. The first-order valence-corrected chi connectivity index (χ1v) is 7.00. The van der Waals surface area contributed by atoms with E-state index in [9.17, 15) is 5.11 Å². The van der Waals surface area contributed by atoms with Crippen LogP contribution in [0.25, 0.3) is 0 Å². The largest absolute Gasteiger partial charge is 0.390 e. The Balaban J connectivity index is 2.06. The molecule has 1 aromatic heterocycles. The summed E-state index contributed by atoms with van der Waals surface area (Å²) in [6.45, 7) is 5.83. The van der Waals surface area contributed by atoms with E-state index >= 15 is 0 Å². The second kappa shape index (κ2) is 5.85. The van der Waals surface area contributed by atoms with Gasteiger partial charge < -0.3 is 5.11 Å². The van der Waals surface area contributed by atoms with Gasteiger partial charge in [0.15, 0.2) is 0 Å². The fourth-order valence-electron chi connectivity index (χ4n) is 2.98. The van der Waals surface area contributed by atoms with E-state index in [-0.39, 0.29) is 6.61 Å². The molecule has 2 heterocycles. The van der Waals surface area contributed by atoms with Gasteiger partial charge >= 0.3 is 0 Å². The molecule has 102 valence electrons. The number of likely N-dealkylation sites (tertiary alicyclic amines) is 1. The Bertz CT molecular complexity index is 386. The summed E-state index contributed by atoms with van der Waals surface area (Å²) in [7, 11) is 1.90. The van der Waals surface area contributed by atoms with E-state index in [4.69, 9.17) is 0 Å². The van der Waals surface area contributed by atoms with Gasteiger partial charge in [0.05, 0.1) is 18.0 Å². The van der Waals surface area contributed by atoms with Crippen LogP contribution in [0, 0.1) is 0 Å². The lowest BCUT2D eigenvalue weighted by Crippen LogP contribution is -2.45. The first-order valence-electron chi connectivity index (χ1n) is 7.00. The Kier molecular flexibility index (Phi) is 4.40. The van der Waals surface area contributed by atoms with Crippen LogP contribution in [0.15, 0.2) is 6.07 Å². The quantitative estimate of drug-likeness (QED) is 0.886. The minimum Gasteiger partial charge on any atom is -0.390 e. The summed E-state index contributed by atoms with van der Waals surface area (Å²) >= 11 is 0. The molecule has 1 atom stereocenters. The van der Waals surface area contributed by atoms with Crippen LogP contribution in [0.4, 0.5) is 0 Å². The zero-order chi connectivity index (χ0) is 13.1. The summed E-state index contributed by atoms with van der Waals surface area (Å²) in [6.07, 6.45) is 4.92. The van der Waals surface area contributed by atoms with Crippen molar-refractivity contribution in [3.63, 3.8) is 0 Å². The van der Waals surface area contributed by atoms with Gasteiger partial charge in [-0.25, -0.2) is 0 Å². The van der Waals surface area contributed by atoms with Crippen molar-refractivity contribution in [2.24, 2.45) is 7.05 Å². The number of rotatable bonds is 4. The van der Waals surface area contributed by atoms with E-state index in [1.165, 1.54) is 25.8 Å². The Labute approximate surface area is 110 Å². The molecule has 0 aliphatic carbocycles. The topological polar surface area (TPSA) is 41.3 Å². The number of aliphatic hydroxyl groups is 1. The summed E-state index contributed by atoms with van der Waals surface area (Å²) < 4.78 is 1.79. The lowest BCUT2D eigenvalue weighted by molar-refractivity contribution is 0.111. The van der Waals surface area contributed by atoms with Crippen LogP contribution in [-0.4, -0.2) is 38.4 Å². The molecule has 0 bridgehead atoms. The number of aliphatic hydroxyl groups excluding tert-OH is 1. The third-order valence-corrected chi connectivity index (χ3v) is 3.97. The molecule has 1 aliphatic rings. The van der Waals surface area contributed by atoms with Crippen molar-refractivity contribution in [1.82, 2.24) is 14.7 Å². The molecular weight excluding hydrogens is 226 g/mol. The number of piperidine rings is 1. The van der Waals surface area contributed by atoms with Crippen molar-refractivity contribution in [2.45, 2.75) is 58.2 Å². The lowest BCUT2D eigenvalue weighted by atomic mass is 9.96. The van der Waals surface area contributed by atoms with Gasteiger partial charge in [0.25, 0.3) is 0 Å². The molecule has 1 N–H and O–H groups in total. The molecule has 1 aromatic rings. The average Bonchev–Trinajstić information content (AvgIpc) is 2.70. The Morgan fingerprint density at radius 3 is 2.83 bits per heavy atom. The van der Waals surface area contributed by atoms with Gasteiger partial charge in [-0.3, -0.25) is 9.58 Å². The van der Waals surface area contributed by atoms with Crippen molar-refractivity contribution in [2.75, 3.05) is 6.54 Å². The van der Waals surface area contributed by atoms with Crippen LogP contribution in [0.2, 0.25) is 0 Å². The Hall–Kier alpha value is -0.870. The van der Waals surface area contributed by atoms with Crippen molar-refractivity contribution >= 4 is 0 Å². The SMILES string of the molecule is CC(C)N1CCCCC1Cc1cc(CO)n(C)n1. The van der Waals surface area contributed by atoms with E-state index in [2.05, 4.69) is 23.8 Å². The summed E-state index contributed by atoms with van der Waals surface area (Å²) in [6, 6.07) is 3.25. The number of aromatic nitrogens is 2. The van der Waals surface area contributed by atoms with E-state index in [0.717, 1.165) is 17.8 Å². The van der Waals surface area contributed by atoms with Crippen LogP contribution < -0.4 is 0 Å². The minimum atomic E-state index is 0.0715. The van der Waals surface area contributed by atoms with Crippen LogP contribution in [-0.2, 0) is 20.1 Å². The predicted molar refractivity (Wildman–Crippen MR) is 72.3 cm³/mol. The number of nitrogens with zero attached hydrogens (tertiary/aromatic N) is 3. The molecule has 4 heteroatoms. The number of hydrogen-bond donors (Lipinski definition) is 1. The second-order valence-electron chi connectivity index (χ2n) is 5.59. The summed E-state index contributed by atoms with van der Waals surface area (Å²) in [4.78, 5) is 2.59. The molecule has 18 heavy (non-hydrogen) atoms. The third-order valence-electron chi connectivity index (χ3n) is 3.97. The third kappa shape index (κ3) is 2.93. The normalized spacial score (nSPS) is 21.7. The zero-order valence-corrected chi connectivity index (χ0v) is 11.8. The van der Waals surface area contributed by atoms with E-state index in [0.29, 0.717) is 12.1 Å². The molecular formula is C14H25N3O. The monoisotopic (exact) mass is 251 g/mol. The first kappa shape index (κ1) is 13.6. The molecule has 1 unspecified atom stereocenters. The van der Waals surface area contributed by atoms with Crippen LogP contribution in [0.3, 0.4) is 0 Å². The highest BCUT2D eigenvalue weighted by Crippen LogP contribution is 2.22. The van der Waals surface area contributed by atoms with Crippen molar-refractivity contribution in [1.29, 1.82) is 0 Å². The molecule has 0 radical (unpaired) electrons. The van der Waals surface area contributed by atoms with Gasteiger partial charge in [-0.05, 0) is 39.3 Å². The van der Waals surface area contributed by atoms with Gasteiger partial charge in [0.1, 0.15) is 0 Å². The molecule has 1 saturated heterocycles. The van der Waals surface area contributed by atoms with E-state index in [1.54, 1.807) is 4.68 Å². The highest BCUT2D eigenvalue weighted by Gasteiger charge is 2.25. The van der Waals surface area contributed by atoms with Crippen molar-refractivity contribution < 1.29 is 5.11 Å². The van der Waals surface area contributed by atoms with Gasteiger partial charge in [-0.1, -0.05) is 6.42 Å². The molecule has 1 fully saturated rings. The summed E-state index contributed by atoms with van der Waals surface area (Å²) in [5.41, 5.74) is 2.01. The maximum Gasteiger partial charge on any atom is 0.0849 e. The Morgan fingerprint density at radius 2 is 2.22 bits per heavy atom. The van der Waals surface area contributed by atoms with Crippen molar-refractivity contribution in [3.8, 4) is 0 Å². The average molecular weight is 251 g/mol. The minimum absolute atomic E-state index is 0.0715. The van der Waals surface area contributed by atoms with E-state index in [1.807, 2.05) is 13.1 Å². The van der Waals surface area contributed by atoms with E-state index < -0.39 is 0 Å². The maximum absolute atomic E-state index is 9.21. The lowest BCUT2D eigenvalue weighted by Gasteiger charge is -2.38. The number of hydrogen-bond acceptors (Lipinski definition) is 3. The first-order chi connectivity index (χ1) is 8.61. The van der Waals surface area contributed by atoms with Gasteiger partial charge in [-0.2, -0.15) is 5.10 Å². The summed E-state index contributed by atoms with van der Waals surface area (Å²) in [5, 5.41) is 13.7. The van der Waals surface area contributed by atoms with Gasteiger partial charge in [0.2, 0.25) is 0 Å². The predicted octanol–water partition coefficient (Wildman–Crippen LogP) is 1.72. The van der Waals surface area contributed by atoms with Gasteiger partial charge in [0, 0.05) is 25.6 Å². The van der Waals surface area contributed by atoms with Crippen molar-refractivity contribution in [3.05, 3.63) is 17.5 Å². The fraction of sp³-hybridized carbons (Fsp3) is 0.786. The number of aryl methyl sites for hydroxylation is 1. The molecule has 0 saturated carbocycles. The van der Waals surface area contributed by atoms with Gasteiger partial charge in [-0.15, -0.1) is 0 Å². The molecule has 0 aromatic carbocycles. The Morgan fingerprint density at radius 1 is 1.44 bits per heavy atom. The van der Waals surface area contributed by atoms with Crippen LogP contribution >= 0.6 is 0 Å². The highest BCUT2D eigenvalue weighted by atomic mass is 16.3. The standard InChI is InChI=1S/C14H25N3O/c1-11(2)17-7-5-4-6-13(17)8-12-9-14(10-18)16(3)15-12/h9,11,13,18H,4-8,10H2,1-3H3. The second-order valence-corrected chi connectivity index (χ2v) is 5.59. The molecule has 0 amide bonds. The fourth-order valence-corrected chi connectivity index (χ4v) is 2.98. The zero-order valence-electron chi connectivity index (χ0n) is 11.8. The van der Waals surface area contributed by atoms with Crippen LogP contribution in [0.5, 0.6) is 0 Å². The molecule has 1 aliphatic heterocycles. The molecule has 4 nitrogen and oxygen atoms in total. The van der Waals surface area contributed by atoms with Crippen LogP contribution in [0.1, 0.15) is 44.5 Å². The highest BCUT2D eigenvalue weighted by molar-refractivity contribution is 5.11. The molecule has 2 rings (SSSR count). The maximum atomic E-state index is 9.21. The molecule has 0 spiro atoms. The smallest absolute Gasteiger partial charge is 0.0849 e.